The van der Waals surface area contributed by atoms with Crippen LogP contribution in [0.1, 0.15) is 40.5 Å². The van der Waals surface area contributed by atoms with Crippen LogP contribution in [0.2, 0.25) is 0 Å². The summed E-state index contributed by atoms with van der Waals surface area (Å²) in [6.07, 6.45) is 0.139. The highest BCUT2D eigenvalue weighted by Crippen LogP contribution is 2.39. The molecule has 4 aromatic rings. The maximum atomic E-state index is 12.9. The lowest BCUT2D eigenvalue weighted by molar-refractivity contribution is -0.138. The summed E-state index contributed by atoms with van der Waals surface area (Å²) in [4.78, 5) is 20.1. The zero-order valence-electron chi connectivity index (χ0n) is 18.0. The van der Waals surface area contributed by atoms with Crippen LogP contribution in [0.3, 0.4) is 0 Å². The third kappa shape index (κ3) is 4.52. The molecule has 34 heavy (non-hydrogen) atoms. The van der Waals surface area contributed by atoms with Gasteiger partial charge in [-0.1, -0.05) is 12.1 Å². The summed E-state index contributed by atoms with van der Waals surface area (Å²) in [5.74, 6) is -0.0973. The fraction of sp³-hybridized carbons (Fsp3) is 0.280. The van der Waals surface area contributed by atoms with Gasteiger partial charge in [0.1, 0.15) is 10.8 Å². The molecule has 0 aliphatic heterocycles. The smallest absolute Gasteiger partial charge is 0.416 e. The molecular formula is C25H21F3N2O3S. The number of benzene rings is 2. The molecule has 0 saturated carbocycles. The van der Waals surface area contributed by atoms with Crippen molar-refractivity contribution >= 4 is 28.2 Å². The minimum atomic E-state index is -4.36. The van der Waals surface area contributed by atoms with E-state index in [1.807, 2.05) is 18.2 Å². The molecule has 0 saturated heterocycles. The fourth-order valence-corrected chi connectivity index (χ4v) is 5.55. The maximum absolute atomic E-state index is 12.9. The Morgan fingerprint density at radius 2 is 2.00 bits per heavy atom. The van der Waals surface area contributed by atoms with Gasteiger partial charge in [-0.25, -0.2) is 4.98 Å². The Hall–Kier alpha value is -3.33. The summed E-state index contributed by atoms with van der Waals surface area (Å²) in [6.45, 7) is 0.442. The molecule has 2 N–H and O–H groups in total. The molecule has 1 atom stereocenters. The number of ether oxygens (including phenoxy) is 1. The Morgan fingerprint density at radius 3 is 2.74 bits per heavy atom. The average Bonchev–Trinajstić information content (AvgIpc) is 3.41. The van der Waals surface area contributed by atoms with Crippen molar-refractivity contribution in [3.05, 3.63) is 70.4 Å². The molecule has 9 heteroatoms. The minimum Gasteiger partial charge on any atom is -0.493 e. The zero-order valence-corrected chi connectivity index (χ0v) is 18.8. The summed E-state index contributed by atoms with van der Waals surface area (Å²) < 4.78 is 44.7. The molecule has 2 heterocycles. The fourth-order valence-electron chi connectivity index (χ4n) is 4.36. The van der Waals surface area contributed by atoms with Crippen molar-refractivity contribution in [3.8, 4) is 16.3 Å². The molecule has 2 aromatic heterocycles. The molecule has 0 unspecified atom stereocenters. The van der Waals surface area contributed by atoms with Gasteiger partial charge in [0.15, 0.2) is 0 Å². The van der Waals surface area contributed by atoms with Crippen molar-refractivity contribution in [2.24, 2.45) is 0 Å². The van der Waals surface area contributed by atoms with Crippen LogP contribution in [0.15, 0.2) is 48.7 Å². The summed E-state index contributed by atoms with van der Waals surface area (Å²) in [5, 5.41) is 10.6. The number of aryl methyl sites for hydroxylation is 1. The van der Waals surface area contributed by atoms with Crippen LogP contribution < -0.4 is 4.74 Å². The van der Waals surface area contributed by atoms with E-state index in [9.17, 15) is 18.0 Å². The molecule has 0 fully saturated rings. The van der Waals surface area contributed by atoms with E-state index in [-0.39, 0.29) is 12.3 Å². The van der Waals surface area contributed by atoms with Crippen LogP contribution in [0, 0.1) is 0 Å². The number of alkyl halides is 3. The highest BCUT2D eigenvalue weighted by molar-refractivity contribution is 7.15. The number of nitrogens with zero attached hydrogens (tertiary/aromatic N) is 1. The van der Waals surface area contributed by atoms with Crippen LogP contribution in [-0.4, -0.2) is 27.7 Å². The monoisotopic (exact) mass is 486 g/mol. The number of fused-ring (bicyclic) bond motifs is 2. The second kappa shape index (κ2) is 8.79. The van der Waals surface area contributed by atoms with E-state index in [0.29, 0.717) is 17.9 Å². The van der Waals surface area contributed by atoms with E-state index in [1.165, 1.54) is 23.5 Å². The maximum Gasteiger partial charge on any atom is 0.416 e. The Labute approximate surface area is 197 Å². The van der Waals surface area contributed by atoms with Crippen molar-refractivity contribution in [1.29, 1.82) is 0 Å². The van der Waals surface area contributed by atoms with Crippen LogP contribution in [0.5, 0.6) is 5.75 Å². The predicted octanol–water partition coefficient (Wildman–Crippen LogP) is 6.44. The first-order valence-electron chi connectivity index (χ1n) is 10.9. The second-order valence-electron chi connectivity index (χ2n) is 8.39. The summed E-state index contributed by atoms with van der Waals surface area (Å²) in [7, 11) is 0. The van der Waals surface area contributed by atoms with Gasteiger partial charge < -0.3 is 14.8 Å². The standard InChI is InChI=1S/C25H21F3N2O3S/c26-25(27,28)17-6-4-14(5-7-17)24-30-23-15(2-1-3-21(23)34-24)13-33-18-8-9-19-16(10-22(31)32)12-29-20(19)11-18/h4-9,11-12,15,29H,1-3,10,13H2,(H,31,32)/t15-/m1/s1. The number of halogens is 3. The molecule has 1 aliphatic carbocycles. The molecular weight excluding hydrogens is 465 g/mol. The lowest BCUT2D eigenvalue weighted by Gasteiger charge is -2.21. The van der Waals surface area contributed by atoms with Gasteiger partial charge in [0.25, 0.3) is 0 Å². The van der Waals surface area contributed by atoms with Gasteiger partial charge in [-0.2, -0.15) is 13.2 Å². The van der Waals surface area contributed by atoms with Crippen molar-refractivity contribution < 1.29 is 27.8 Å². The first-order chi connectivity index (χ1) is 16.3. The quantitative estimate of drug-likeness (QED) is 0.329. The lowest BCUT2D eigenvalue weighted by atomic mass is 9.92. The highest BCUT2D eigenvalue weighted by atomic mass is 32.1. The topological polar surface area (TPSA) is 75.2 Å². The lowest BCUT2D eigenvalue weighted by Crippen LogP contribution is -2.16. The molecule has 5 nitrogen and oxygen atoms in total. The molecule has 0 spiro atoms. The number of thiazole rings is 1. The summed E-state index contributed by atoms with van der Waals surface area (Å²) in [6, 6.07) is 10.7. The van der Waals surface area contributed by atoms with Gasteiger partial charge in [-0.15, -0.1) is 11.3 Å². The second-order valence-corrected chi connectivity index (χ2v) is 9.48. The number of nitrogens with one attached hydrogen (secondary N) is 1. The van der Waals surface area contributed by atoms with E-state index < -0.39 is 17.7 Å². The van der Waals surface area contributed by atoms with Crippen LogP contribution in [-0.2, 0) is 23.8 Å². The third-order valence-electron chi connectivity index (χ3n) is 6.06. The number of hydrogen-bond donors (Lipinski definition) is 2. The zero-order chi connectivity index (χ0) is 23.9. The molecule has 1 aliphatic rings. The van der Waals surface area contributed by atoms with Crippen molar-refractivity contribution in [3.63, 3.8) is 0 Å². The predicted molar refractivity (Wildman–Crippen MR) is 123 cm³/mol. The summed E-state index contributed by atoms with van der Waals surface area (Å²) in [5.41, 5.74) is 2.52. The average molecular weight is 487 g/mol. The number of aromatic nitrogens is 2. The Bertz CT molecular complexity index is 1340. The highest BCUT2D eigenvalue weighted by Gasteiger charge is 2.30. The van der Waals surface area contributed by atoms with E-state index in [1.54, 1.807) is 6.20 Å². The van der Waals surface area contributed by atoms with Crippen LogP contribution >= 0.6 is 11.3 Å². The third-order valence-corrected chi connectivity index (χ3v) is 7.24. The molecule has 2 aromatic carbocycles. The number of carboxylic acids is 1. The van der Waals surface area contributed by atoms with E-state index in [4.69, 9.17) is 14.8 Å². The van der Waals surface area contributed by atoms with Crippen molar-refractivity contribution in [2.45, 2.75) is 37.8 Å². The molecule has 5 rings (SSSR count). The molecule has 0 amide bonds. The Balaban J connectivity index is 1.31. The minimum absolute atomic E-state index is 0.0455. The van der Waals surface area contributed by atoms with Gasteiger partial charge in [-0.05, 0) is 49.1 Å². The first kappa shape index (κ1) is 22.5. The SMILES string of the molecule is O=C(O)Cc1c[nH]c2cc(OC[C@H]3CCCc4sc(-c5ccc(C(F)(F)F)cc5)nc43)ccc12. The number of carboxylic acid groups (broad SMARTS) is 1. The van der Waals surface area contributed by atoms with Gasteiger partial charge in [0.2, 0.25) is 0 Å². The Kier molecular flexibility index (Phi) is 5.81. The summed E-state index contributed by atoms with van der Waals surface area (Å²) >= 11 is 1.54. The van der Waals surface area contributed by atoms with Gasteiger partial charge in [-0.3, -0.25) is 4.79 Å². The number of hydrogen-bond acceptors (Lipinski definition) is 4. The van der Waals surface area contributed by atoms with Crippen molar-refractivity contribution in [2.75, 3.05) is 6.61 Å². The number of aliphatic carboxylic acids is 1. The van der Waals surface area contributed by atoms with Crippen molar-refractivity contribution in [1.82, 2.24) is 9.97 Å². The van der Waals surface area contributed by atoms with Gasteiger partial charge in [0.05, 0.1) is 24.3 Å². The normalized spacial score (nSPS) is 15.9. The van der Waals surface area contributed by atoms with E-state index >= 15 is 0 Å². The molecule has 0 bridgehead atoms. The molecule has 0 radical (unpaired) electrons. The first-order valence-corrected chi connectivity index (χ1v) is 11.7. The number of carbonyl (C=O) groups is 1. The van der Waals surface area contributed by atoms with Crippen LogP contribution in [0.25, 0.3) is 21.5 Å². The number of rotatable bonds is 6. The van der Waals surface area contributed by atoms with E-state index in [0.717, 1.165) is 63.4 Å². The van der Waals surface area contributed by atoms with Crippen LogP contribution in [0.4, 0.5) is 13.2 Å². The molecule has 176 valence electrons. The Morgan fingerprint density at radius 1 is 1.21 bits per heavy atom. The van der Waals surface area contributed by atoms with Gasteiger partial charge >= 0.3 is 12.1 Å². The van der Waals surface area contributed by atoms with E-state index in [2.05, 4.69) is 4.98 Å². The largest absolute Gasteiger partial charge is 0.493 e. The number of H-pyrrole nitrogens is 1. The van der Waals surface area contributed by atoms with Gasteiger partial charge in [0, 0.05) is 39.5 Å². The number of aromatic amines is 1.